The van der Waals surface area contributed by atoms with Crippen molar-refractivity contribution in [3.63, 3.8) is 0 Å². The van der Waals surface area contributed by atoms with Gasteiger partial charge in [0.15, 0.2) is 0 Å². The van der Waals surface area contributed by atoms with Crippen molar-refractivity contribution in [2.75, 3.05) is 32.5 Å². The summed E-state index contributed by atoms with van der Waals surface area (Å²) < 4.78 is 41.6. The van der Waals surface area contributed by atoms with Crippen molar-refractivity contribution >= 4 is 23.5 Å². The molecule has 9 nitrogen and oxygen atoms in total. The molecule has 3 heterocycles. The lowest BCUT2D eigenvalue weighted by Crippen LogP contribution is -2.44. The van der Waals surface area contributed by atoms with E-state index in [-0.39, 0.29) is 41.5 Å². The molecule has 4 aliphatic rings. The Morgan fingerprint density at radius 1 is 1.20 bits per heavy atom. The molecule has 41 heavy (non-hydrogen) atoms. The standard InChI is InChI=1S/C29H35F3N6O3/c1-37-12-9-19(10-13-37)38(2)24(39)17-5-7-18(8-6-17)34-26-33-15-21(29(30,31)32)22(35-26)14-23-28(36-23)16-27(28)11-3-4-20(27)25(40)41/h5-8,15,19-20,23,36H,3-4,9-14,16H2,1-2H3,(H,40,41)(H,33,34,35)/t20-,23?,27-,28+/m1/s1. The van der Waals surface area contributed by atoms with Crippen LogP contribution in [0.1, 0.15) is 60.1 Å². The minimum Gasteiger partial charge on any atom is -0.481 e. The number of hydrogen-bond acceptors (Lipinski definition) is 7. The number of carboxylic acids is 1. The van der Waals surface area contributed by atoms with Crippen LogP contribution in [-0.2, 0) is 17.4 Å². The smallest absolute Gasteiger partial charge is 0.419 e. The molecule has 1 amide bonds. The van der Waals surface area contributed by atoms with Gasteiger partial charge in [0.05, 0.1) is 17.2 Å². The van der Waals surface area contributed by atoms with Gasteiger partial charge in [-0.3, -0.25) is 9.59 Å². The SMILES string of the molecule is CN1CCC(N(C)C(=O)c2ccc(Nc3ncc(C(F)(F)F)c(CC4N[C@@]45C[C@@]54CCC[C@@H]4C(=O)O)n3)cc2)CC1. The van der Waals surface area contributed by atoms with Gasteiger partial charge in [0.25, 0.3) is 5.91 Å². The highest BCUT2D eigenvalue weighted by Gasteiger charge is 2.83. The first-order valence-corrected chi connectivity index (χ1v) is 14.2. The molecule has 12 heteroatoms. The summed E-state index contributed by atoms with van der Waals surface area (Å²) in [4.78, 5) is 37.0. The van der Waals surface area contributed by atoms with Crippen LogP contribution in [0, 0.1) is 11.3 Å². The van der Waals surface area contributed by atoms with Crippen LogP contribution >= 0.6 is 0 Å². The van der Waals surface area contributed by atoms with Gasteiger partial charge in [0, 0.05) is 54.0 Å². The van der Waals surface area contributed by atoms with E-state index in [1.54, 1.807) is 29.2 Å². The third kappa shape index (κ3) is 4.94. The molecular formula is C29H35F3N6O3. The first kappa shape index (κ1) is 27.9. The van der Waals surface area contributed by atoms with E-state index >= 15 is 0 Å². The molecule has 220 valence electrons. The maximum absolute atomic E-state index is 13.9. The molecule has 4 atom stereocenters. The average Bonchev–Trinajstić information content (AvgIpc) is 3.72. The van der Waals surface area contributed by atoms with Gasteiger partial charge in [-0.1, -0.05) is 6.42 Å². The number of carboxylic acid groups (broad SMARTS) is 1. The molecular weight excluding hydrogens is 537 g/mol. The van der Waals surface area contributed by atoms with Crippen molar-refractivity contribution < 1.29 is 27.9 Å². The van der Waals surface area contributed by atoms with Gasteiger partial charge in [-0.2, -0.15) is 13.2 Å². The van der Waals surface area contributed by atoms with Gasteiger partial charge in [0.2, 0.25) is 5.95 Å². The lowest BCUT2D eigenvalue weighted by Gasteiger charge is -2.35. The number of carbonyl (C=O) groups is 2. The van der Waals surface area contributed by atoms with Gasteiger partial charge in [-0.15, -0.1) is 0 Å². The van der Waals surface area contributed by atoms with E-state index in [1.165, 1.54) is 0 Å². The highest BCUT2D eigenvalue weighted by molar-refractivity contribution is 5.94. The number of anilines is 2. The quantitative estimate of drug-likeness (QED) is 0.427. The molecule has 2 spiro atoms. The molecule has 1 unspecified atom stereocenters. The molecule has 2 aromatic rings. The number of amides is 1. The Kier molecular flexibility index (Phi) is 6.76. The molecule has 6 rings (SSSR count). The first-order valence-electron chi connectivity index (χ1n) is 14.2. The molecule has 2 aliphatic carbocycles. The number of piperidine rings is 1. The Balaban J connectivity index is 1.14. The van der Waals surface area contributed by atoms with Gasteiger partial charge in [-0.05, 0) is 76.5 Å². The molecule has 2 aliphatic heterocycles. The summed E-state index contributed by atoms with van der Waals surface area (Å²) in [5.74, 6) is -1.32. The summed E-state index contributed by atoms with van der Waals surface area (Å²) in [7, 11) is 3.89. The Bertz CT molecular complexity index is 1350. The van der Waals surface area contributed by atoms with Crippen LogP contribution in [0.3, 0.4) is 0 Å². The van der Waals surface area contributed by atoms with Crippen molar-refractivity contribution in [3.05, 3.63) is 47.3 Å². The van der Waals surface area contributed by atoms with E-state index in [1.807, 2.05) is 7.05 Å². The molecule has 0 radical (unpaired) electrons. The van der Waals surface area contributed by atoms with Crippen LogP contribution in [0.4, 0.5) is 24.8 Å². The van der Waals surface area contributed by atoms with Crippen LogP contribution in [0.2, 0.25) is 0 Å². The second-order valence-corrected chi connectivity index (χ2v) is 12.2. The van der Waals surface area contributed by atoms with Crippen molar-refractivity contribution in [1.82, 2.24) is 25.1 Å². The summed E-state index contributed by atoms with van der Waals surface area (Å²) in [6, 6.07) is 6.68. The van der Waals surface area contributed by atoms with Crippen molar-refractivity contribution in [2.45, 2.75) is 68.7 Å². The van der Waals surface area contributed by atoms with Gasteiger partial charge < -0.3 is 25.5 Å². The normalized spacial score (nSPS) is 29.6. The number of carbonyl (C=O) groups excluding carboxylic acids is 1. The molecule has 0 bridgehead atoms. The largest absolute Gasteiger partial charge is 0.481 e. The lowest BCUT2D eigenvalue weighted by molar-refractivity contribution is -0.143. The van der Waals surface area contributed by atoms with E-state index in [2.05, 4.69) is 32.5 Å². The number of nitrogens with one attached hydrogen (secondary N) is 2. The average molecular weight is 573 g/mol. The Morgan fingerprint density at radius 2 is 1.90 bits per heavy atom. The first-order chi connectivity index (χ1) is 19.4. The van der Waals surface area contributed by atoms with Crippen molar-refractivity contribution in [3.8, 4) is 0 Å². The predicted octanol–water partition coefficient (Wildman–Crippen LogP) is 3.93. The fraction of sp³-hybridized carbons (Fsp3) is 0.586. The molecule has 1 aromatic carbocycles. The van der Waals surface area contributed by atoms with Crippen LogP contribution in [-0.4, -0.2) is 81.6 Å². The highest BCUT2D eigenvalue weighted by atomic mass is 19.4. The molecule has 4 fully saturated rings. The maximum atomic E-state index is 13.9. The van der Waals surface area contributed by atoms with E-state index in [0.29, 0.717) is 24.1 Å². The summed E-state index contributed by atoms with van der Waals surface area (Å²) in [6.45, 7) is 1.89. The van der Waals surface area contributed by atoms with Gasteiger partial charge >= 0.3 is 12.1 Å². The minimum atomic E-state index is -4.62. The van der Waals surface area contributed by atoms with Crippen LogP contribution < -0.4 is 10.6 Å². The molecule has 1 aromatic heterocycles. The maximum Gasteiger partial charge on any atom is 0.419 e. The summed E-state index contributed by atoms with van der Waals surface area (Å²) in [5.41, 5.74) is -0.704. The number of rotatable bonds is 7. The van der Waals surface area contributed by atoms with Crippen molar-refractivity contribution in [2.24, 2.45) is 11.3 Å². The minimum absolute atomic E-state index is 0.0278. The Labute approximate surface area is 236 Å². The number of likely N-dealkylation sites (tertiary alicyclic amines) is 1. The number of aromatic nitrogens is 2. The Morgan fingerprint density at radius 3 is 2.56 bits per heavy atom. The number of aliphatic carboxylic acids is 1. The second-order valence-electron chi connectivity index (χ2n) is 12.2. The van der Waals surface area contributed by atoms with E-state index in [9.17, 15) is 27.9 Å². The number of halogens is 3. The van der Waals surface area contributed by atoms with Crippen molar-refractivity contribution in [1.29, 1.82) is 0 Å². The second kappa shape index (κ2) is 9.94. The number of alkyl halides is 3. The van der Waals surface area contributed by atoms with E-state index in [4.69, 9.17) is 0 Å². The molecule has 2 saturated heterocycles. The van der Waals surface area contributed by atoms with Gasteiger partial charge in [-0.25, -0.2) is 9.97 Å². The molecule has 3 N–H and O–H groups in total. The third-order valence-corrected chi connectivity index (χ3v) is 9.90. The Hall–Kier alpha value is -3.25. The summed E-state index contributed by atoms with van der Waals surface area (Å²) in [6.07, 6.45) is 0.954. The molecule has 2 saturated carbocycles. The monoisotopic (exact) mass is 572 g/mol. The zero-order chi connectivity index (χ0) is 29.2. The zero-order valence-electron chi connectivity index (χ0n) is 23.2. The number of fused-ring (bicyclic) bond motifs is 1. The fourth-order valence-corrected chi connectivity index (χ4v) is 7.43. The fourth-order valence-electron chi connectivity index (χ4n) is 7.43. The number of hydrogen-bond donors (Lipinski definition) is 3. The summed E-state index contributed by atoms with van der Waals surface area (Å²) >= 11 is 0. The highest BCUT2D eigenvalue weighted by Crippen LogP contribution is 2.75. The van der Waals surface area contributed by atoms with Gasteiger partial charge in [0.1, 0.15) is 0 Å². The zero-order valence-corrected chi connectivity index (χ0v) is 23.2. The third-order valence-electron chi connectivity index (χ3n) is 9.90. The number of benzene rings is 1. The lowest BCUT2D eigenvalue weighted by atomic mass is 9.88. The van der Waals surface area contributed by atoms with E-state index in [0.717, 1.165) is 45.0 Å². The number of nitrogens with zero attached hydrogens (tertiary/aromatic N) is 4. The van der Waals surface area contributed by atoms with Crippen LogP contribution in [0.5, 0.6) is 0 Å². The summed E-state index contributed by atoms with van der Waals surface area (Å²) in [5, 5.41) is 16.0. The van der Waals surface area contributed by atoms with E-state index < -0.39 is 29.2 Å². The topological polar surface area (TPSA) is 121 Å². The van der Waals surface area contributed by atoms with Crippen LogP contribution in [0.15, 0.2) is 30.5 Å². The predicted molar refractivity (Wildman–Crippen MR) is 145 cm³/mol. The van der Waals surface area contributed by atoms with Crippen LogP contribution in [0.25, 0.3) is 0 Å².